The van der Waals surface area contributed by atoms with Gasteiger partial charge in [-0.1, -0.05) is 20.8 Å². The van der Waals surface area contributed by atoms with E-state index in [2.05, 4.69) is 15.3 Å². The lowest BCUT2D eigenvalue weighted by Crippen LogP contribution is -2.57. The molecule has 7 nitrogen and oxygen atoms in total. The van der Waals surface area contributed by atoms with Gasteiger partial charge in [-0.2, -0.15) is 0 Å². The number of rotatable bonds is 10. The highest BCUT2D eigenvalue weighted by Gasteiger charge is 2.46. The molecule has 1 aromatic rings. The third-order valence-electron chi connectivity index (χ3n) is 5.67. The van der Waals surface area contributed by atoms with Crippen LogP contribution in [0.15, 0.2) is 6.20 Å². The highest BCUT2D eigenvalue weighted by atomic mass is 19.3. The smallest absolute Gasteiger partial charge is 0.282 e. The van der Waals surface area contributed by atoms with Crippen molar-refractivity contribution in [2.45, 2.75) is 64.3 Å². The first-order valence-corrected chi connectivity index (χ1v) is 10.2. The number of halogens is 2. The average molecular weight is 410 g/mol. The number of anilines is 1. The first kappa shape index (κ1) is 21.4. The normalized spacial score (nSPS) is 18.2. The number of amides is 1. The van der Waals surface area contributed by atoms with Crippen LogP contribution in [0.1, 0.15) is 63.4 Å². The Hall–Kier alpha value is -2.32. The van der Waals surface area contributed by atoms with Gasteiger partial charge in [0.15, 0.2) is 17.3 Å². The summed E-state index contributed by atoms with van der Waals surface area (Å²) in [5.41, 5.74) is -0.956. The molecule has 1 saturated carbocycles. The highest BCUT2D eigenvalue weighted by molar-refractivity contribution is 5.98. The van der Waals surface area contributed by atoms with Crippen LogP contribution in [-0.2, 0) is 4.79 Å². The summed E-state index contributed by atoms with van der Waals surface area (Å²) >= 11 is 0. The first-order chi connectivity index (χ1) is 13.7. The fourth-order valence-corrected chi connectivity index (χ4v) is 3.44. The molecular formula is C20H28F2N4O3. The number of carbonyl (C=O) groups is 2. The van der Waals surface area contributed by atoms with Gasteiger partial charge in [-0.05, 0) is 31.6 Å². The maximum absolute atomic E-state index is 13.3. The van der Waals surface area contributed by atoms with E-state index in [0.29, 0.717) is 31.8 Å². The third kappa shape index (κ3) is 4.64. The second-order valence-electron chi connectivity index (χ2n) is 7.87. The van der Waals surface area contributed by atoms with Gasteiger partial charge >= 0.3 is 0 Å². The Morgan fingerprint density at radius 3 is 2.45 bits per heavy atom. The van der Waals surface area contributed by atoms with Gasteiger partial charge in [0, 0.05) is 6.42 Å². The summed E-state index contributed by atoms with van der Waals surface area (Å²) < 4.78 is 32.3. The summed E-state index contributed by atoms with van der Waals surface area (Å²) in [6.45, 7) is 4.97. The number of aromatic nitrogens is 2. The van der Waals surface area contributed by atoms with Gasteiger partial charge in [-0.3, -0.25) is 9.59 Å². The van der Waals surface area contributed by atoms with E-state index in [0.717, 1.165) is 12.8 Å². The summed E-state index contributed by atoms with van der Waals surface area (Å²) in [5, 5.41) is 2.81. The fraction of sp³-hybridized carbons (Fsp3) is 0.700. The van der Waals surface area contributed by atoms with Crippen molar-refractivity contribution < 1.29 is 23.1 Å². The van der Waals surface area contributed by atoms with E-state index in [4.69, 9.17) is 4.74 Å². The van der Waals surface area contributed by atoms with Crippen LogP contribution in [0.3, 0.4) is 0 Å². The summed E-state index contributed by atoms with van der Waals surface area (Å²) in [5.74, 6) is -2.60. The van der Waals surface area contributed by atoms with Gasteiger partial charge in [0.25, 0.3) is 17.7 Å². The van der Waals surface area contributed by atoms with Crippen LogP contribution in [-0.4, -0.2) is 52.8 Å². The maximum Gasteiger partial charge on any atom is 0.282 e. The van der Waals surface area contributed by atoms with Crippen LogP contribution in [0, 0.1) is 5.92 Å². The van der Waals surface area contributed by atoms with E-state index in [1.54, 1.807) is 6.92 Å². The Labute approximate surface area is 169 Å². The van der Waals surface area contributed by atoms with E-state index in [1.807, 2.05) is 13.8 Å². The predicted molar refractivity (Wildman–Crippen MR) is 103 cm³/mol. The van der Waals surface area contributed by atoms with Crippen molar-refractivity contribution in [2.75, 3.05) is 24.6 Å². The molecule has 1 saturated heterocycles. The highest BCUT2D eigenvalue weighted by Crippen LogP contribution is 2.36. The zero-order valence-corrected chi connectivity index (χ0v) is 17.1. The van der Waals surface area contributed by atoms with Gasteiger partial charge in [-0.15, -0.1) is 0 Å². The van der Waals surface area contributed by atoms with Crippen LogP contribution in [0.25, 0.3) is 0 Å². The van der Waals surface area contributed by atoms with Crippen LogP contribution < -0.4 is 15.0 Å². The van der Waals surface area contributed by atoms with E-state index < -0.39 is 30.5 Å². The van der Waals surface area contributed by atoms with Crippen molar-refractivity contribution in [2.24, 2.45) is 5.92 Å². The quantitative estimate of drug-likeness (QED) is 0.638. The molecule has 1 N–H and O–H groups in total. The van der Waals surface area contributed by atoms with E-state index in [1.165, 1.54) is 11.1 Å². The molecule has 0 aromatic carbocycles. The molecule has 29 heavy (non-hydrogen) atoms. The Morgan fingerprint density at radius 1 is 1.28 bits per heavy atom. The van der Waals surface area contributed by atoms with Gasteiger partial charge < -0.3 is 15.0 Å². The van der Waals surface area contributed by atoms with Crippen LogP contribution in [0.2, 0.25) is 0 Å². The van der Waals surface area contributed by atoms with Crippen LogP contribution in [0.5, 0.6) is 5.88 Å². The van der Waals surface area contributed by atoms with Crippen molar-refractivity contribution in [1.29, 1.82) is 0 Å². The molecule has 0 spiro atoms. The van der Waals surface area contributed by atoms with Gasteiger partial charge in [0.05, 0.1) is 31.4 Å². The number of ketones is 1. The lowest BCUT2D eigenvalue weighted by Gasteiger charge is -2.39. The van der Waals surface area contributed by atoms with Crippen molar-refractivity contribution >= 4 is 17.5 Å². The second kappa shape index (κ2) is 8.20. The average Bonchev–Trinajstić information content (AvgIpc) is 3.52. The monoisotopic (exact) mass is 410 g/mol. The molecule has 2 fully saturated rings. The third-order valence-corrected chi connectivity index (χ3v) is 5.67. The minimum Gasteiger partial charge on any atom is -0.475 e. The number of Topliss-reactive ketones (excluding diaryl/α,β-unsaturated/α-hetero) is 1. The van der Waals surface area contributed by atoms with Gasteiger partial charge in [0.1, 0.15) is 0 Å². The zero-order valence-electron chi connectivity index (χ0n) is 17.1. The molecule has 0 atom stereocenters. The molecule has 0 unspecified atom stereocenters. The molecule has 3 rings (SSSR count). The number of nitrogens with one attached hydrogen (secondary N) is 1. The van der Waals surface area contributed by atoms with E-state index >= 15 is 0 Å². The second-order valence-corrected chi connectivity index (χ2v) is 7.87. The number of nitrogens with zero attached hydrogens (tertiary/aromatic N) is 3. The molecule has 160 valence electrons. The topological polar surface area (TPSA) is 84.4 Å². The number of ether oxygens (including phenoxy) is 1. The summed E-state index contributed by atoms with van der Waals surface area (Å²) in [7, 11) is 0. The lowest BCUT2D eigenvalue weighted by molar-refractivity contribution is -0.125. The van der Waals surface area contributed by atoms with E-state index in [9.17, 15) is 18.4 Å². The fourth-order valence-electron chi connectivity index (χ4n) is 3.44. The SMILES string of the molecule is CCC(=O)C(CC)(CC)NC(=O)c1cnc(N2CC(F)(F)C2)c(OCC2CC2)n1. The Balaban J connectivity index is 1.81. The molecule has 2 heterocycles. The van der Waals surface area contributed by atoms with E-state index in [-0.39, 0.29) is 23.2 Å². The standard InChI is InChI=1S/C20H28F2N4O3/c1-4-15(27)19(5-2,6-3)25-17(28)14-9-23-16(26-11-20(21,22)12-26)18(24-14)29-10-13-7-8-13/h9,13H,4-8,10-12H2,1-3H3,(H,25,28). The minimum atomic E-state index is -2.76. The Morgan fingerprint density at radius 2 is 1.93 bits per heavy atom. The number of hydrogen-bond donors (Lipinski definition) is 1. The van der Waals surface area contributed by atoms with Gasteiger partial charge in [-0.25, -0.2) is 18.7 Å². The van der Waals surface area contributed by atoms with Gasteiger partial charge in [0.2, 0.25) is 0 Å². The zero-order chi connectivity index (χ0) is 21.2. The molecular weight excluding hydrogens is 382 g/mol. The molecule has 1 aromatic heterocycles. The lowest BCUT2D eigenvalue weighted by atomic mass is 9.86. The number of carbonyl (C=O) groups excluding carboxylic acids is 2. The van der Waals surface area contributed by atoms with Crippen molar-refractivity contribution in [3.05, 3.63) is 11.9 Å². The number of alkyl halides is 2. The minimum absolute atomic E-state index is 0.00186. The van der Waals surface area contributed by atoms with Crippen molar-refractivity contribution in [3.63, 3.8) is 0 Å². The Bertz CT molecular complexity index is 771. The predicted octanol–water partition coefficient (Wildman–Crippen LogP) is 2.99. The maximum atomic E-state index is 13.3. The summed E-state index contributed by atoms with van der Waals surface area (Å²) in [6, 6.07) is 0. The van der Waals surface area contributed by atoms with Crippen molar-refractivity contribution in [3.8, 4) is 5.88 Å². The summed E-state index contributed by atoms with van der Waals surface area (Å²) in [6.07, 6.45) is 4.59. The first-order valence-electron chi connectivity index (χ1n) is 10.2. The molecule has 1 aliphatic carbocycles. The van der Waals surface area contributed by atoms with Crippen LogP contribution >= 0.6 is 0 Å². The summed E-state index contributed by atoms with van der Waals surface area (Å²) in [4.78, 5) is 35.1. The molecule has 1 aliphatic heterocycles. The van der Waals surface area contributed by atoms with Crippen LogP contribution in [0.4, 0.5) is 14.6 Å². The molecule has 0 bridgehead atoms. The molecule has 2 aliphatic rings. The molecule has 0 radical (unpaired) electrons. The molecule has 1 amide bonds. The van der Waals surface area contributed by atoms with Crippen molar-refractivity contribution in [1.82, 2.24) is 15.3 Å². The number of hydrogen-bond acceptors (Lipinski definition) is 6. The Kier molecular flexibility index (Phi) is 6.05. The largest absolute Gasteiger partial charge is 0.475 e. The molecule has 9 heteroatoms.